The summed E-state index contributed by atoms with van der Waals surface area (Å²) < 4.78 is 5.46. The maximum absolute atomic E-state index is 12.5. The van der Waals surface area contributed by atoms with Gasteiger partial charge in [0.15, 0.2) is 0 Å². The zero-order valence-electron chi connectivity index (χ0n) is 44.0. The van der Waals surface area contributed by atoms with Crippen LogP contribution in [0.3, 0.4) is 0 Å². The zero-order chi connectivity index (χ0) is 47.2. The van der Waals surface area contributed by atoms with Crippen molar-refractivity contribution in [2.75, 3.05) is 13.2 Å². The molecule has 0 aliphatic rings. The van der Waals surface area contributed by atoms with Crippen LogP contribution >= 0.6 is 0 Å². The number of carbonyl (C=O) groups is 2. The average molecular weight is 919 g/mol. The van der Waals surface area contributed by atoms with Gasteiger partial charge in [-0.05, 0) is 51.4 Å². The molecule has 0 aliphatic carbocycles. The lowest BCUT2D eigenvalue weighted by molar-refractivity contribution is -0.143. The van der Waals surface area contributed by atoms with E-state index in [-0.39, 0.29) is 18.5 Å². The van der Waals surface area contributed by atoms with Crippen molar-refractivity contribution in [2.45, 2.75) is 341 Å². The molecule has 0 aliphatic heterocycles. The van der Waals surface area contributed by atoms with E-state index in [0.717, 1.165) is 77.0 Å². The summed E-state index contributed by atoms with van der Waals surface area (Å²) in [5.74, 6) is -0.0863. The number of ether oxygens (including phenoxy) is 1. The topological polar surface area (TPSA) is 95.9 Å². The standard InChI is InChI=1S/C59H115NO5/c1-3-5-7-9-11-13-15-17-19-21-23-24-26-28-31-35-39-43-47-51-57(62)56(55-61)60-58(63)52-48-44-40-36-32-30-34-38-42-46-50-54-65-59(64)53-49-45-41-37-33-29-27-25-22-20-18-16-14-12-10-8-6-4-2/h34,38,56-57,61-62H,3-33,35-37,39-55H2,1-2H3,(H,60,63)/b38-34-. The number of hydrogen-bond donors (Lipinski definition) is 3. The van der Waals surface area contributed by atoms with E-state index in [4.69, 9.17) is 4.74 Å². The van der Waals surface area contributed by atoms with Crippen molar-refractivity contribution in [1.29, 1.82) is 0 Å². The van der Waals surface area contributed by atoms with E-state index < -0.39 is 12.1 Å². The van der Waals surface area contributed by atoms with E-state index in [1.165, 1.54) is 218 Å². The maximum atomic E-state index is 12.5. The quantitative estimate of drug-likeness (QED) is 0.0321. The predicted molar refractivity (Wildman–Crippen MR) is 283 cm³/mol. The van der Waals surface area contributed by atoms with E-state index in [1.807, 2.05) is 0 Å². The first-order chi connectivity index (χ1) is 32.0. The largest absolute Gasteiger partial charge is 0.466 e. The van der Waals surface area contributed by atoms with Crippen molar-refractivity contribution < 1.29 is 24.5 Å². The minimum absolute atomic E-state index is 0.0258. The number of hydrogen-bond acceptors (Lipinski definition) is 5. The van der Waals surface area contributed by atoms with Crippen molar-refractivity contribution in [3.8, 4) is 0 Å². The lowest BCUT2D eigenvalue weighted by atomic mass is 10.0. The Balaban J connectivity index is 3.47. The fourth-order valence-corrected chi connectivity index (χ4v) is 9.28. The number of esters is 1. The highest BCUT2D eigenvalue weighted by atomic mass is 16.5. The monoisotopic (exact) mass is 918 g/mol. The average Bonchev–Trinajstić information content (AvgIpc) is 3.31. The summed E-state index contributed by atoms with van der Waals surface area (Å²) in [6.45, 7) is 4.91. The van der Waals surface area contributed by atoms with Crippen LogP contribution in [0.4, 0.5) is 0 Å². The number of rotatable bonds is 55. The number of aliphatic hydroxyl groups is 2. The summed E-state index contributed by atoms with van der Waals surface area (Å²) in [5.41, 5.74) is 0. The van der Waals surface area contributed by atoms with Gasteiger partial charge in [-0.1, -0.05) is 276 Å². The lowest BCUT2D eigenvalue weighted by Crippen LogP contribution is -2.45. The van der Waals surface area contributed by atoms with E-state index in [2.05, 4.69) is 31.3 Å². The van der Waals surface area contributed by atoms with Crippen LogP contribution in [-0.4, -0.2) is 47.4 Å². The SMILES string of the molecule is CCCCCCCCCCCCCCCCCCCCCC(O)C(CO)NC(=O)CCCCCCC/C=C\CCCCOC(=O)CCCCCCCCCCCCCCCCCCCC. The minimum atomic E-state index is -0.682. The number of nitrogens with one attached hydrogen (secondary N) is 1. The number of amides is 1. The molecule has 0 saturated carbocycles. The highest BCUT2D eigenvalue weighted by molar-refractivity contribution is 5.76. The predicted octanol–water partition coefficient (Wildman–Crippen LogP) is 18.1. The molecular formula is C59H115NO5. The molecule has 0 heterocycles. The van der Waals surface area contributed by atoms with Crippen LogP contribution < -0.4 is 5.32 Å². The number of unbranched alkanes of at least 4 members (excludes halogenated alkanes) is 42. The smallest absolute Gasteiger partial charge is 0.305 e. The second kappa shape index (κ2) is 55.2. The highest BCUT2D eigenvalue weighted by Crippen LogP contribution is 2.18. The summed E-state index contributed by atoms with van der Waals surface area (Å²) in [5, 5.41) is 23.3. The van der Waals surface area contributed by atoms with Gasteiger partial charge in [-0.3, -0.25) is 9.59 Å². The van der Waals surface area contributed by atoms with Crippen LogP contribution in [-0.2, 0) is 14.3 Å². The van der Waals surface area contributed by atoms with Gasteiger partial charge in [-0.15, -0.1) is 0 Å². The van der Waals surface area contributed by atoms with Crippen molar-refractivity contribution >= 4 is 11.9 Å². The van der Waals surface area contributed by atoms with E-state index in [9.17, 15) is 19.8 Å². The molecule has 2 unspecified atom stereocenters. The summed E-state index contributed by atoms with van der Waals surface area (Å²) in [6, 6.07) is -0.562. The van der Waals surface area contributed by atoms with Crippen molar-refractivity contribution in [3.05, 3.63) is 12.2 Å². The number of aliphatic hydroxyl groups excluding tert-OH is 2. The zero-order valence-corrected chi connectivity index (χ0v) is 44.0. The Morgan fingerprint density at radius 2 is 0.723 bits per heavy atom. The van der Waals surface area contributed by atoms with Crippen LogP contribution in [0.1, 0.15) is 328 Å². The van der Waals surface area contributed by atoms with E-state index >= 15 is 0 Å². The molecule has 0 rings (SSSR count). The van der Waals surface area contributed by atoms with Crippen LogP contribution in [0.2, 0.25) is 0 Å². The molecule has 2 atom stereocenters. The summed E-state index contributed by atoms with van der Waals surface area (Å²) in [7, 11) is 0. The first kappa shape index (κ1) is 63.6. The van der Waals surface area contributed by atoms with Crippen LogP contribution in [0.25, 0.3) is 0 Å². The van der Waals surface area contributed by atoms with Gasteiger partial charge in [-0.25, -0.2) is 0 Å². The summed E-state index contributed by atoms with van der Waals surface area (Å²) in [4.78, 5) is 24.6. The van der Waals surface area contributed by atoms with Gasteiger partial charge >= 0.3 is 5.97 Å². The van der Waals surface area contributed by atoms with Crippen LogP contribution in [0.5, 0.6) is 0 Å². The van der Waals surface area contributed by atoms with Gasteiger partial charge in [0, 0.05) is 12.8 Å². The van der Waals surface area contributed by atoms with Gasteiger partial charge in [-0.2, -0.15) is 0 Å². The lowest BCUT2D eigenvalue weighted by Gasteiger charge is -2.22. The van der Waals surface area contributed by atoms with Gasteiger partial charge in [0.25, 0.3) is 0 Å². The van der Waals surface area contributed by atoms with Crippen LogP contribution in [0.15, 0.2) is 12.2 Å². The Bertz CT molecular complexity index is 970. The summed E-state index contributed by atoms with van der Waals surface area (Å²) in [6.07, 6.45) is 64.9. The second-order valence-electron chi connectivity index (χ2n) is 20.3. The molecule has 6 nitrogen and oxygen atoms in total. The molecule has 0 aromatic rings. The Kier molecular flexibility index (Phi) is 54.0. The molecule has 6 heteroatoms. The fraction of sp³-hybridized carbons (Fsp3) is 0.932. The third-order valence-electron chi connectivity index (χ3n) is 13.8. The summed E-state index contributed by atoms with van der Waals surface area (Å²) >= 11 is 0. The molecule has 0 fully saturated rings. The second-order valence-corrected chi connectivity index (χ2v) is 20.3. The maximum Gasteiger partial charge on any atom is 0.305 e. The third-order valence-corrected chi connectivity index (χ3v) is 13.8. The highest BCUT2D eigenvalue weighted by Gasteiger charge is 2.20. The van der Waals surface area contributed by atoms with Gasteiger partial charge < -0.3 is 20.3 Å². The van der Waals surface area contributed by atoms with Gasteiger partial charge in [0.2, 0.25) is 5.91 Å². The molecule has 3 N–H and O–H groups in total. The van der Waals surface area contributed by atoms with Gasteiger partial charge in [0.05, 0.1) is 25.4 Å². The number of allylic oxidation sites excluding steroid dienone is 2. The van der Waals surface area contributed by atoms with Gasteiger partial charge in [0.1, 0.15) is 0 Å². The first-order valence-electron chi connectivity index (χ1n) is 29.4. The molecule has 0 radical (unpaired) electrons. The Hall–Kier alpha value is -1.40. The molecule has 0 aromatic carbocycles. The third kappa shape index (κ3) is 51.8. The molecule has 386 valence electrons. The molecule has 0 spiro atoms. The fourth-order valence-electron chi connectivity index (χ4n) is 9.28. The van der Waals surface area contributed by atoms with Crippen molar-refractivity contribution in [2.24, 2.45) is 0 Å². The molecule has 65 heavy (non-hydrogen) atoms. The van der Waals surface area contributed by atoms with Crippen LogP contribution in [0, 0.1) is 0 Å². The Labute approximate surface area is 406 Å². The van der Waals surface area contributed by atoms with E-state index in [1.54, 1.807) is 0 Å². The van der Waals surface area contributed by atoms with Crippen molar-refractivity contribution in [3.63, 3.8) is 0 Å². The van der Waals surface area contributed by atoms with Crippen molar-refractivity contribution in [1.82, 2.24) is 5.32 Å². The molecule has 0 aromatic heterocycles. The van der Waals surface area contributed by atoms with E-state index in [0.29, 0.717) is 25.9 Å². The molecule has 0 bridgehead atoms. The normalized spacial score (nSPS) is 12.6. The first-order valence-corrected chi connectivity index (χ1v) is 29.4. The Morgan fingerprint density at radius 3 is 1.09 bits per heavy atom. The Morgan fingerprint density at radius 1 is 0.415 bits per heavy atom. The molecular weight excluding hydrogens is 803 g/mol. The molecule has 0 saturated heterocycles. The number of carbonyl (C=O) groups excluding carboxylic acids is 2. The minimum Gasteiger partial charge on any atom is -0.466 e. The molecule has 1 amide bonds.